The van der Waals surface area contributed by atoms with Crippen LogP contribution in [0, 0.1) is 16.7 Å². The third-order valence-electron chi connectivity index (χ3n) is 10.0. The maximum Gasteiger partial charge on any atom is 0.251 e. The van der Waals surface area contributed by atoms with Crippen molar-refractivity contribution in [2.24, 2.45) is 5.41 Å². The van der Waals surface area contributed by atoms with Gasteiger partial charge in [-0.25, -0.2) is 9.97 Å². The molecule has 13 heteroatoms. The van der Waals surface area contributed by atoms with E-state index in [1.807, 2.05) is 36.4 Å². The monoisotopic (exact) mass is 639 g/mol. The van der Waals surface area contributed by atoms with Gasteiger partial charge in [0.25, 0.3) is 5.91 Å². The van der Waals surface area contributed by atoms with Crippen LogP contribution in [0.1, 0.15) is 25.3 Å². The summed E-state index contributed by atoms with van der Waals surface area (Å²) in [6.07, 6.45) is 2.53. The fraction of sp³-hybridized carbons (Fsp3) is 0.500. The zero-order valence-electron chi connectivity index (χ0n) is 26.9. The van der Waals surface area contributed by atoms with E-state index in [9.17, 15) is 15.2 Å². The van der Waals surface area contributed by atoms with E-state index >= 15 is 0 Å². The smallest absolute Gasteiger partial charge is 0.251 e. The lowest BCUT2D eigenvalue weighted by Crippen LogP contribution is -2.61. The van der Waals surface area contributed by atoms with Crippen LogP contribution >= 0.6 is 0 Å². The fourth-order valence-electron chi connectivity index (χ4n) is 7.13. The quantitative estimate of drug-likeness (QED) is 0.374. The van der Waals surface area contributed by atoms with Crippen LogP contribution < -0.4 is 19.9 Å². The number of nitrogens with one attached hydrogen (secondary N) is 1. The van der Waals surface area contributed by atoms with Crippen LogP contribution in [0.2, 0.25) is 0 Å². The number of benzene rings is 1. The molecule has 0 radical (unpaired) electrons. The lowest BCUT2D eigenvalue weighted by atomic mass is 9.71. The number of nitrogens with zero attached hydrogens (tertiary/aromatic N) is 8. The van der Waals surface area contributed by atoms with Gasteiger partial charge in [0.1, 0.15) is 23.7 Å². The number of aliphatic hydroxyl groups is 1. The van der Waals surface area contributed by atoms with Gasteiger partial charge in [-0.15, -0.1) is 0 Å². The molecule has 0 aliphatic carbocycles. The summed E-state index contributed by atoms with van der Waals surface area (Å²) in [5, 5.41) is 22.9. The molecule has 1 atom stereocenters. The second-order valence-corrected chi connectivity index (χ2v) is 13.0. The molecule has 3 aromatic rings. The number of rotatable bonds is 8. The third kappa shape index (κ3) is 6.28. The minimum atomic E-state index is -0.961. The first-order valence-electron chi connectivity index (χ1n) is 16.3. The molecule has 6 heterocycles. The van der Waals surface area contributed by atoms with Crippen molar-refractivity contribution in [2.75, 3.05) is 87.8 Å². The molecule has 1 amide bonds. The molecule has 0 saturated carbocycles. The molecule has 7 rings (SSSR count). The predicted octanol–water partition coefficient (Wildman–Crippen LogP) is 2.49. The number of aromatic nitrogens is 3. The Hall–Kier alpha value is -4.51. The zero-order valence-corrected chi connectivity index (χ0v) is 26.9. The number of ether oxygens (including phenoxy) is 2. The van der Waals surface area contributed by atoms with Crippen molar-refractivity contribution in [3.05, 3.63) is 48.2 Å². The number of anilines is 4. The summed E-state index contributed by atoms with van der Waals surface area (Å²) < 4.78 is 11.0. The Labute approximate surface area is 274 Å². The van der Waals surface area contributed by atoms with E-state index in [2.05, 4.69) is 31.1 Å². The Bertz CT molecular complexity index is 1650. The Morgan fingerprint density at radius 2 is 1.79 bits per heavy atom. The molecule has 0 unspecified atom stereocenters. The highest BCUT2D eigenvalue weighted by Gasteiger charge is 2.46. The van der Waals surface area contributed by atoms with Gasteiger partial charge < -0.3 is 34.6 Å². The van der Waals surface area contributed by atoms with Crippen LogP contribution in [0.5, 0.6) is 5.88 Å². The molecule has 47 heavy (non-hydrogen) atoms. The molecule has 4 aliphatic heterocycles. The number of likely N-dealkylation sites (tertiary alicyclic amines) is 1. The van der Waals surface area contributed by atoms with Gasteiger partial charge >= 0.3 is 0 Å². The van der Waals surface area contributed by atoms with E-state index in [0.29, 0.717) is 48.0 Å². The van der Waals surface area contributed by atoms with Crippen molar-refractivity contribution in [3.63, 3.8) is 0 Å². The van der Waals surface area contributed by atoms with Crippen molar-refractivity contribution >= 4 is 29.0 Å². The number of carbonyl (C=O) groups is 1. The summed E-state index contributed by atoms with van der Waals surface area (Å²) in [5.74, 6) is 1.32. The van der Waals surface area contributed by atoms with Crippen molar-refractivity contribution in [3.8, 4) is 23.2 Å². The van der Waals surface area contributed by atoms with Crippen LogP contribution in [-0.4, -0.2) is 121 Å². The number of methoxy groups -OCH3 is 1. The third-order valence-corrected chi connectivity index (χ3v) is 10.0. The summed E-state index contributed by atoms with van der Waals surface area (Å²) >= 11 is 0. The summed E-state index contributed by atoms with van der Waals surface area (Å²) in [4.78, 5) is 34.8. The van der Waals surface area contributed by atoms with Crippen LogP contribution in [-0.2, 0) is 9.53 Å². The molecule has 1 spiro atoms. The molecule has 13 nitrogen and oxygen atoms in total. The fourth-order valence-corrected chi connectivity index (χ4v) is 7.13. The minimum Gasteiger partial charge on any atom is -0.479 e. The molecule has 2 N–H and O–H groups in total. The first kappa shape index (κ1) is 31.1. The average molecular weight is 640 g/mol. The largest absolute Gasteiger partial charge is 0.479 e. The summed E-state index contributed by atoms with van der Waals surface area (Å²) in [7, 11) is 1.63. The Morgan fingerprint density at radius 1 is 1.04 bits per heavy atom. The standard InChI is InChI=1S/C34H41N9O4/c1-23(44)32(45)42-11-8-34(9-12-42)21-43(22-34)28-4-3-24(17-25(28)18-35)27-7-10-36-33(37-27)39-30-6-5-29(31(38-30)46-2)41-15-13-40(14-16-41)26-19-47-20-26/h3-7,10,17,23,26,44H,8-9,11-16,19-22H2,1-2H3,(H,36,37,38,39)/t23-/m0/s1. The number of nitriles is 1. The number of amides is 1. The Balaban J connectivity index is 0.994. The number of piperazine rings is 1. The van der Waals surface area contributed by atoms with Crippen molar-refractivity contribution in [1.29, 1.82) is 5.26 Å². The lowest BCUT2D eigenvalue weighted by Gasteiger charge is -2.55. The van der Waals surface area contributed by atoms with Crippen molar-refractivity contribution in [1.82, 2.24) is 24.8 Å². The van der Waals surface area contributed by atoms with Crippen LogP contribution in [0.25, 0.3) is 11.3 Å². The predicted molar refractivity (Wildman–Crippen MR) is 177 cm³/mol. The lowest BCUT2D eigenvalue weighted by molar-refractivity contribution is -0.141. The number of hydrogen-bond donors (Lipinski definition) is 2. The molecule has 4 aliphatic rings. The number of carbonyl (C=O) groups excluding carboxylic acids is 1. The molecular formula is C34H41N9O4. The maximum atomic E-state index is 12.2. The molecule has 0 bridgehead atoms. The molecule has 246 valence electrons. The molecule has 1 aromatic carbocycles. The summed E-state index contributed by atoms with van der Waals surface area (Å²) in [5.41, 5.74) is 4.13. The van der Waals surface area contributed by atoms with E-state index in [0.717, 1.165) is 82.3 Å². The number of pyridine rings is 1. The van der Waals surface area contributed by atoms with Gasteiger partial charge in [-0.1, -0.05) is 6.07 Å². The van der Waals surface area contributed by atoms with Gasteiger partial charge in [0, 0.05) is 69.5 Å². The van der Waals surface area contributed by atoms with E-state index in [1.165, 1.54) is 6.92 Å². The molecule has 4 saturated heterocycles. The highest BCUT2D eigenvalue weighted by molar-refractivity contribution is 5.80. The van der Waals surface area contributed by atoms with Gasteiger partial charge in [-0.3, -0.25) is 9.69 Å². The maximum absolute atomic E-state index is 12.2. The van der Waals surface area contributed by atoms with E-state index in [1.54, 1.807) is 18.2 Å². The van der Waals surface area contributed by atoms with E-state index in [4.69, 9.17) is 19.4 Å². The summed E-state index contributed by atoms with van der Waals surface area (Å²) in [6, 6.07) is 14.6. The van der Waals surface area contributed by atoms with E-state index < -0.39 is 6.10 Å². The normalized spacial score (nSPS) is 20.3. The van der Waals surface area contributed by atoms with Crippen LogP contribution in [0.4, 0.5) is 23.1 Å². The second kappa shape index (κ2) is 12.9. The minimum absolute atomic E-state index is 0.142. The number of aliphatic hydroxyl groups excluding tert-OH is 1. The summed E-state index contributed by atoms with van der Waals surface area (Å²) in [6.45, 7) is 9.97. The molecule has 2 aromatic heterocycles. The van der Waals surface area contributed by atoms with Gasteiger partial charge in [-0.2, -0.15) is 10.2 Å². The highest BCUT2D eigenvalue weighted by Crippen LogP contribution is 2.44. The van der Waals surface area contributed by atoms with E-state index in [-0.39, 0.29) is 11.3 Å². The first-order valence-corrected chi connectivity index (χ1v) is 16.3. The van der Waals surface area contributed by atoms with Gasteiger partial charge in [-0.05, 0) is 50.1 Å². The van der Waals surface area contributed by atoms with Crippen LogP contribution in [0.3, 0.4) is 0 Å². The Kier molecular flexibility index (Phi) is 8.57. The topological polar surface area (TPSA) is 143 Å². The van der Waals surface area contributed by atoms with Gasteiger partial charge in [0.15, 0.2) is 0 Å². The SMILES string of the molecule is COc1nc(Nc2nccc(-c3ccc(N4CC5(CCN(C(=O)[C@H](C)O)CC5)C4)c(C#N)c3)n2)ccc1N1CCN(C2COC2)CC1. The van der Waals surface area contributed by atoms with Crippen molar-refractivity contribution in [2.45, 2.75) is 31.9 Å². The average Bonchev–Trinajstić information content (AvgIpc) is 3.06. The zero-order chi connectivity index (χ0) is 32.5. The first-order chi connectivity index (χ1) is 22.8. The number of piperidine rings is 1. The van der Waals surface area contributed by atoms with Crippen molar-refractivity contribution < 1.29 is 19.4 Å². The molecule has 4 fully saturated rings. The number of hydrogen-bond acceptors (Lipinski definition) is 12. The Morgan fingerprint density at radius 3 is 2.45 bits per heavy atom. The van der Waals surface area contributed by atoms with Gasteiger partial charge in [0.2, 0.25) is 11.8 Å². The second-order valence-electron chi connectivity index (χ2n) is 13.0. The van der Waals surface area contributed by atoms with Gasteiger partial charge in [0.05, 0.1) is 43.3 Å². The molecular weight excluding hydrogens is 598 g/mol. The highest BCUT2D eigenvalue weighted by atomic mass is 16.5. The van der Waals surface area contributed by atoms with Crippen LogP contribution in [0.15, 0.2) is 42.6 Å².